The van der Waals surface area contributed by atoms with Gasteiger partial charge in [0.05, 0.1) is 27.4 Å². The Morgan fingerprint density at radius 3 is 2.21 bits per heavy atom. The van der Waals surface area contributed by atoms with Crippen LogP contribution in [0, 0.1) is 0 Å². The van der Waals surface area contributed by atoms with Crippen LogP contribution in [0.2, 0.25) is 0 Å². The molecule has 0 spiro atoms. The molecule has 0 saturated heterocycles. The maximum Gasteiger partial charge on any atom is 0.373 e. The van der Waals surface area contributed by atoms with Crippen LogP contribution < -0.4 is 14.2 Å². The van der Waals surface area contributed by atoms with Crippen molar-refractivity contribution in [3.05, 3.63) is 59.4 Å². The van der Waals surface area contributed by atoms with Crippen molar-refractivity contribution >= 4 is 12.0 Å². The molecule has 0 atom stereocenters. The van der Waals surface area contributed by atoms with E-state index < -0.39 is 5.97 Å². The highest BCUT2D eigenvalue weighted by molar-refractivity contribution is 5.91. The number of benzene rings is 2. The van der Waals surface area contributed by atoms with E-state index in [0.717, 1.165) is 16.9 Å². The highest BCUT2D eigenvalue weighted by Crippen LogP contribution is 2.30. The Morgan fingerprint density at radius 1 is 0.893 bits per heavy atom. The number of ether oxygens (including phenoxy) is 5. The van der Waals surface area contributed by atoms with Gasteiger partial charge in [-0.2, -0.15) is 0 Å². The summed E-state index contributed by atoms with van der Waals surface area (Å²) in [5.74, 6) is 1.61. The average Bonchev–Trinajstić information content (AvgIpc) is 2.72. The van der Waals surface area contributed by atoms with E-state index in [0.29, 0.717) is 24.7 Å². The average molecular weight is 386 g/mol. The molecule has 150 valence electrons. The molecule has 0 radical (unpaired) electrons. The number of methoxy groups -OCH3 is 2. The van der Waals surface area contributed by atoms with Crippen LogP contribution in [0.1, 0.15) is 25.0 Å². The second-order valence-corrected chi connectivity index (χ2v) is 5.71. The molecule has 0 aliphatic carbocycles. The van der Waals surface area contributed by atoms with Gasteiger partial charge in [-0.05, 0) is 55.3 Å². The number of rotatable bonds is 10. The molecular formula is C22H26O6. The second kappa shape index (κ2) is 10.9. The van der Waals surface area contributed by atoms with Gasteiger partial charge in [-0.25, -0.2) is 4.79 Å². The first-order chi connectivity index (χ1) is 13.6. The van der Waals surface area contributed by atoms with Gasteiger partial charge in [0.25, 0.3) is 0 Å². The molecule has 0 aliphatic rings. The zero-order valence-corrected chi connectivity index (χ0v) is 16.7. The van der Waals surface area contributed by atoms with E-state index in [-0.39, 0.29) is 12.4 Å². The Morgan fingerprint density at radius 2 is 1.61 bits per heavy atom. The molecule has 0 bridgehead atoms. The molecule has 0 N–H and O–H groups in total. The predicted octanol–water partition coefficient (Wildman–Crippen LogP) is 4.22. The van der Waals surface area contributed by atoms with Crippen molar-refractivity contribution in [2.24, 2.45) is 0 Å². The standard InChI is InChI=1S/C22H26O6/c1-5-26-21(22(23)27-6-2)14-17-9-12-19(20(13-17)25-4)28-15-16-7-10-18(24-3)11-8-16/h7-14H,5-6,15H2,1-4H3/b21-14-. The summed E-state index contributed by atoms with van der Waals surface area (Å²) >= 11 is 0. The van der Waals surface area contributed by atoms with Crippen LogP contribution in [0.15, 0.2) is 48.2 Å². The van der Waals surface area contributed by atoms with Crippen LogP contribution in [0.5, 0.6) is 17.2 Å². The molecule has 0 unspecified atom stereocenters. The second-order valence-electron chi connectivity index (χ2n) is 5.71. The van der Waals surface area contributed by atoms with Crippen molar-refractivity contribution in [1.29, 1.82) is 0 Å². The summed E-state index contributed by atoms with van der Waals surface area (Å²) < 4.78 is 26.9. The van der Waals surface area contributed by atoms with E-state index in [1.54, 1.807) is 39.4 Å². The summed E-state index contributed by atoms with van der Waals surface area (Å²) in [6.07, 6.45) is 1.62. The topological polar surface area (TPSA) is 63.2 Å². The summed E-state index contributed by atoms with van der Waals surface area (Å²) in [6, 6.07) is 13.0. The fraction of sp³-hybridized carbons (Fsp3) is 0.318. The first kappa shape index (κ1) is 21.2. The van der Waals surface area contributed by atoms with E-state index in [4.69, 9.17) is 23.7 Å². The maximum absolute atomic E-state index is 12.0. The van der Waals surface area contributed by atoms with Crippen LogP contribution >= 0.6 is 0 Å². The largest absolute Gasteiger partial charge is 0.497 e. The third kappa shape index (κ3) is 5.94. The van der Waals surface area contributed by atoms with Crippen LogP contribution in [0.3, 0.4) is 0 Å². The fourth-order valence-electron chi connectivity index (χ4n) is 2.44. The molecule has 0 fully saturated rings. The van der Waals surface area contributed by atoms with E-state index in [2.05, 4.69) is 0 Å². The lowest BCUT2D eigenvalue weighted by molar-refractivity contribution is -0.142. The zero-order chi connectivity index (χ0) is 20.4. The number of hydrogen-bond donors (Lipinski definition) is 0. The Balaban J connectivity index is 2.15. The maximum atomic E-state index is 12.0. The molecule has 6 heteroatoms. The monoisotopic (exact) mass is 386 g/mol. The molecule has 2 rings (SSSR count). The summed E-state index contributed by atoms with van der Waals surface area (Å²) in [5.41, 5.74) is 1.75. The molecule has 0 aliphatic heterocycles. The summed E-state index contributed by atoms with van der Waals surface area (Å²) in [7, 11) is 3.20. The van der Waals surface area contributed by atoms with Crippen LogP contribution in [-0.2, 0) is 20.9 Å². The van der Waals surface area contributed by atoms with Gasteiger partial charge in [0.1, 0.15) is 12.4 Å². The minimum Gasteiger partial charge on any atom is -0.497 e. The fourth-order valence-corrected chi connectivity index (χ4v) is 2.44. The third-order valence-corrected chi connectivity index (χ3v) is 3.82. The number of esters is 1. The van der Waals surface area contributed by atoms with Gasteiger partial charge in [0.15, 0.2) is 11.5 Å². The van der Waals surface area contributed by atoms with Crippen molar-refractivity contribution in [2.75, 3.05) is 27.4 Å². The summed E-state index contributed by atoms with van der Waals surface area (Å²) in [4.78, 5) is 12.0. The molecule has 0 heterocycles. The smallest absolute Gasteiger partial charge is 0.373 e. The van der Waals surface area contributed by atoms with Gasteiger partial charge in [0.2, 0.25) is 5.76 Å². The molecule has 28 heavy (non-hydrogen) atoms. The lowest BCUT2D eigenvalue weighted by Crippen LogP contribution is -2.10. The summed E-state index contributed by atoms with van der Waals surface area (Å²) in [6.45, 7) is 4.60. The number of carbonyl (C=O) groups is 1. The zero-order valence-electron chi connectivity index (χ0n) is 16.7. The van der Waals surface area contributed by atoms with E-state index in [1.807, 2.05) is 37.3 Å². The first-order valence-electron chi connectivity index (χ1n) is 9.06. The Bertz CT molecular complexity index is 795. The van der Waals surface area contributed by atoms with Gasteiger partial charge in [-0.3, -0.25) is 0 Å². The Kier molecular flexibility index (Phi) is 8.21. The van der Waals surface area contributed by atoms with Crippen molar-refractivity contribution < 1.29 is 28.5 Å². The van der Waals surface area contributed by atoms with Gasteiger partial charge < -0.3 is 23.7 Å². The van der Waals surface area contributed by atoms with E-state index in [1.165, 1.54) is 0 Å². The number of carbonyl (C=O) groups excluding carboxylic acids is 1. The molecule has 0 aromatic heterocycles. The summed E-state index contributed by atoms with van der Waals surface area (Å²) in [5, 5.41) is 0. The van der Waals surface area contributed by atoms with E-state index >= 15 is 0 Å². The van der Waals surface area contributed by atoms with Gasteiger partial charge in [0, 0.05) is 0 Å². The highest BCUT2D eigenvalue weighted by Gasteiger charge is 2.13. The predicted molar refractivity (Wildman–Crippen MR) is 107 cm³/mol. The molecule has 2 aromatic rings. The van der Waals surface area contributed by atoms with Crippen molar-refractivity contribution in [3.8, 4) is 17.2 Å². The minimum absolute atomic E-state index is 0.151. The molecular weight excluding hydrogens is 360 g/mol. The lowest BCUT2D eigenvalue weighted by Gasteiger charge is -2.12. The molecule has 2 aromatic carbocycles. The Hall–Kier alpha value is -3.15. The number of hydrogen-bond acceptors (Lipinski definition) is 6. The minimum atomic E-state index is -0.497. The lowest BCUT2D eigenvalue weighted by atomic mass is 10.1. The van der Waals surface area contributed by atoms with Gasteiger partial charge in [-0.1, -0.05) is 18.2 Å². The normalized spacial score (nSPS) is 10.9. The van der Waals surface area contributed by atoms with Crippen LogP contribution in [0.4, 0.5) is 0 Å². The molecule has 0 amide bonds. The van der Waals surface area contributed by atoms with Crippen molar-refractivity contribution in [3.63, 3.8) is 0 Å². The Labute approximate surface area is 165 Å². The molecule has 0 saturated carbocycles. The first-order valence-corrected chi connectivity index (χ1v) is 9.06. The quantitative estimate of drug-likeness (QED) is 0.346. The van der Waals surface area contributed by atoms with Crippen LogP contribution in [-0.4, -0.2) is 33.4 Å². The van der Waals surface area contributed by atoms with Crippen LogP contribution in [0.25, 0.3) is 6.08 Å². The third-order valence-electron chi connectivity index (χ3n) is 3.82. The molecule has 6 nitrogen and oxygen atoms in total. The van der Waals surface area contributed by atoms with Crippen molar-refractivity contribution in [2.45, 2.75) is 20.5 Å². The van der Waals surface area contributed by atoms with E-state index in [9.17, 15) is 4.79 Å². The van der Waals surface area contributed by atoms with Gasteiger partial charge in [-0.15, -0.1) is 0 Å². The van der Waals surface area contributed by atoms with Crippen molar-refractivity contribution in [1.82, 2.24) is 0 Å². The highest BCUT2D eigenvalue weighted by atomic mass is 16.6. The van der Waals surface area contributed by atoms with Gasteiger partial charge >= 0.3 is 5.97 Å². The SMILES string of the molecule is CCOC(=O)/C(=C/c1ccc(OCc2ccc(OC)cc2)c(OC)c1)OCC.